The molecule has 0 saturated heterocycles. The van der Waals surface area contributed by atoms with Gasteiger partial charge in [-0.15, -0.1) is 10.2 Å². The third kappa shape index (κ3) is 4.70. The Hall–Kier alpha value is -4.28. The Bertz CT molecular complexity index is 1380. The number of carbonyl (C=O) groups is 1. The minimum absolute atomic E-state index is 0.0999. The molecule has 0 N–H and O–H groups in total. The second-order valence-corrected chi connectivity index (χ2v) is 7.58. The number of rotatable bonds is 10. The third-order valence-electron chi connectivity index (χ3n) is 5.39. The molecule has 4 rings (SSSR count). The van der Waals surface area contributed by atoms with Gasteiger partial charge in [-0.05, 0) is 30.7 Å². The number of hydrogen-bond donors (Lipinski definition) is 0. The first-order chi connectivity index (χ1) is 17.0. The Balaban J connectivity index is 1.48. The quantitative estimate of drug-likeness (QED) is 0.314. The van der Waals surface area contributed by atoms with Gasteiger partial charge in [0.2, 0.25) is 11.6 Å². The van der Waals surface area contributed by atoms with Crippen molar-refractivity contribution in [2.75, 3.05) is 21.3 Å². The first kappa shape index (κ1) is 23.9. The van der Waals surface area contributed by atoms with Gasteiger partial charge in [0.05, 0.1) is 32.4 Å². The molecular formula is C24H26N4O7. The summed E-state index contributed by atoms with van der Waals surface area (Å²) in [6.45, 7) is 2.08. The lowest BCUT2D eigenvalue weighted by molar-refractivity contribution is -0.146. The SMILES string of the molecule is CCCn1c(=O)n(CC(=O)OCc2nnc(-c3cc(OC)c(OC)c(OC)c3)o2)c2ccccc21. The summed E-state index contributed by atoms with van der Waals surface area (Å²) < 4.78 is 30.0. The van der Waals surface area contributed by atoms with E-state index >= 15 is 0 Å². The number of esters is 1. The molecule has 0 aliphatic rings. The van der Waals surface area contributed by atoms with E-state index in [1.807, 2.05) is 25.1 Å². The number of para-hydroxylation sites is 2. The molecule has 0 aliphatic carbocycles. The van der Waals surface area contributed by atoms with E-state index in [1.165, 1.54) is 25.9 Å². The van der Waals surface area contributed by atoms with Crippen molar-refractivity contribution >= 4 is 17.0 Å². The number of fused-ring (bicyclic) bond motifs is 1. The number of nitrogens with zero attached hydrogens (tertiary/aromatic N) is 4. The zero-order chi connectivity index (χ0) is 24.9. The van der Waals surface area contributed by atoms with E-state index in [-0.39, 0.29) is 30.6 Å². The number of hydrogen-bond acceptors (Lipinski definition) is 9. The van der Waals surface area contributed by atoms with Gasteiger partial charge in [0, 0.05) is 12.1 Å². The Kier molecular flexibility index (Phi) is 7.04. The Morgan fingerprint density at radius 2 is 1.63 bits per heavy atom. The highest BCUT2D eigenvalue weighted by Crippen LogP contribution is 2.40. The number of imidazole rings is 1. The van der Waals surface area contributed by atoms with E-state index in [9.17, 15) is 9.59 Å². The average Bonchev–Trinajstić information content (AvgIpc) is 3.46. The molecule has 11 heteroatoms. The topological polar surface area (TPSA) is 120 Å². The minimum atomic E-state index is -0.598. The molecule has 35 heavy (non-hydrogen) atoms. The second-order valence-electron chi connectivity index (χ2n) is 7.58. The molecule has 2 heterocycles. The first-order valence-electron chi connectivity index (χ1n) is 11.0. The van der Waals surface area contributed by atoms with Crippen LogP contribution in [0.25, 0.3) is 22.5 Å². The minimum Gasteiger partial charge on any atom is -0.493 e. The van der Waals surface area contributed by atoms with Crippen molar-refractivity contribution in [2.45, 2.75) is 33.0 Å². The van der Waals surface area contributed by atoms with Crippen molar-refractivity contribution in [3.8, 4) is 28.7 Å². The van der Waals surface area contributed by atoms with Crippen LogP contribution in [-0.2, 0) is 29.2 Å². The molecule has 0 radical (unpaired) electrons. The molecule has 0 fully saturated rings. The Morgan fingerprint density at radius 3 is 2.23 bits per heavy atom. The molecule has 2 aromatic heterocycles. The average molecular weight is 482 g/mol. The summed E-state index contributed by atoms with van der Waals surface area (Å²) in [6.07, 6.45) is 0.795. The maximum Gasteiger partial charge on any atom is 0.329 e. The van der Waals surface area contributed by atoms with Crippen LogP contribution in [0.15, 0.2) is 45.6 Å². The molecule has 11 nitrogen and oxygen atoms in total. The molecular weight excluding hydrogens is 456 g/mol. The van der Waals surface area contributed by atoms with Crippen molar-refractivity contribution in [1.29, 1.82) is 0 Å². The van der Waals surface area contributed by atoms with E-state index in [0.29, 0.717) is 34.9 Å². The van der Waals surface area contributed by atoms with Crippen LogP contribution in [0.4, 0.5) is 0 Å². The lowest BCUT2D eigenvalue weighted by Crippen LogP contribution is -2.27. The molecule has 0 atom stereocenters. The summed E-state index contributed by atoms with van der Waals surface area (Å²) in [5.41, 5.74) is 1.73. The summed E-state index contributed by atoms with van der Waals surface area (Å²) in [6, 6.07) is 10.7. The molecule has 0 unspecified atom stereocenters. The smallest absolute Gasteiger partial charge is 0.329 e. The fourth-order valence-electron chi connectivity index (χ4n) is 3.82. The van der Waals surface area contributed by atoms with Crippen molar-refractivity contribution in [1.82, 2.24) is 19.3 Å². The fraction of sp³-hybridized carbons (Fsp3) is 0.333. The van der Waals surface area contributed by atoms with Crippen LogP contribution in [0, 0.1) is 0 Å². The van der Waals surface area contributed by atoms with Crippen molar-refractivity contribution in [3.63, 3.8) is 0 Å². The maximum atomic E-state index is 12.8. The molecule has 4 aromatic rings. The van der Waals surface area contributed by atoms with E-state index in [0.717, 1.165) is 11.9 Å². The summed E-state index contributed by atoms with van der Waals surface area (Å²) >= 11 is 0. The highest BCUT2D eigenvalue weighted by molar-refractivity contribution is 5.78. The van der Waals surface area contributed by atoms with Gasteiger partial charge in [0.1, 0.15) is 6.54 Å². The number of benzene rings is 2. The summed E-state index contributed by atoms with van der Waals surface area (Å²) in [4.78, 5) is 25.4. The van der Waals surface area contributed by atoms with Crippen LogP contribution in [0.1, 0.15) is 19.2 Å². The summed E-state index contributed by atoms with van der Waals surface area (Å²) in [7, 11) is 4.52. The fourth-order valence-corrected chi connectivity index (χ4v) is 3.82. The lowest BCUT2D eigenvalue weighted by Gasteiger charge is -2.12. The number of carbonyl (C=O) groups excluding carboxylic acids is 1. The van der Waals surface area contributed by atoms with Crippen LogP contribution < -0.4 is 19.9 Å². The first-order valence-corrected chi connectivity index (χ1v) is 11.0. The predicted molar refractivity (Wildman–Crippen MR) is 126 cm³/mol. The normalized spacial score (nSPS) is 11.0. The van der Waals surface area contributed by atoms with Crippen LogP contribution in [0.2, 0.25) is 0 Å². The highest BCUT2D eigenvalue weighted by Gasteiger charge is 2.19. The summed E-state index contributed by atoms with van der Waals surface area (Å²) in [5, 5.41) is 7.96. The van der Waals surface area contributed by atoms with Gasteiger partial charge < -0.3 is 23.4 Å². The lowest BCUT2D eigenvalue weighted by atomic mass is 10.2. The van der Waals surface area contributed by atoms with Gasteiger partial charge in [-0.25, -0.2) is 4.79 Å². The monoisotopic (exact) mass is 482 g/mol. The summed E-state index contributed by atoms with van der Waals surface area (Å²) in [5.74, 6) is 0.987. The van der Waals surface area contributed by atoms with E-state index < -0.39 is 5.97 Å². The molecule has 0 saturated carbocycles. The van der Waals surface area contributed by atoms with Gasteiger partial charge in [0.25, 0.3) is 5.89 Å². The standard InChI is InChI=1S/C24H26N4O7/c1-5-10-27-16-8-6-7-9-17(16)28(24(27)30)13-21(29)34-14-20-25-26-23(35-20)15-11-18(31-2)22(33-4)19(12-15)32-3/h6-9,11-12H,5,10,13-14H2,1-4H3. The van der Waals surface area contributed by atoms with Gasteiger partial charge in [-0.1, -0.05) is 19.1 Å². The van der Waals surface area contributed by atoms with Gasteiger partial charge in [-0.2, -0.15) is 0 Å². The third-order valence-corrected chi connectivity index (χ3v) is 5.39. The molecule has 0 spiro atoms. The number of aromatic nitrogens is 4. The molecule has 0 aliphatic heterocycles. The highest BCUT2D eigenvalue weighted by atomic mass is 16.5. The van der Waals surface area contributed by atoms with E-state index in [4.69, 9.17) is 23.4 Å². The number of methoxy groups -OCH3 is 3. The van der Waals surface area contributed by atoms with Crippen molar-refractivity contribution < 1.29 is 28.2 Å². The van der Waals surface area contributed by atoms with Gasteiger partial charge >= 0.3 is 11.7 Å². The van der Waals surface area contributed by atoms with Crippen molar-refractivity contribution in [2.24, 2.45) is 0 Å². The molecule has 0 amide bonds. The van der Waals surface area contributed by atoms with Crippen molar-refractivity contribution in [3.05, 3.63) is 52.8 Å². The molecule has 184 valence electrons. The predicted octanol–water partition coefficient (Wildman–Crippen LogP) is 3.03. The second kappa shape index (κ2) is 10.3. The molecule has 0 bridgehead atoms. The molecule has 2 aromatic carbocycles. The largest absolute Gasteiger partial charge is 0.493 e. The number of aryl methyl sites for hydroxylation is 1. The van der Waals surface area contributed by atoms with E-state index in [1.54, 1.807) is 22.8 Å². The number of ether oxygens (including phenoxy) is 4. The Morgan fingerprint density at radius 1 is 0.971 bits per heavy atom. The van der Waals surface area contributed by atoms with Crippen LogP contribution in [0.3, 0.4) is 0 Å². The zero-order valence-electron chi connectivity index (χ0n) is 19.9. The zero-order valence-corrected chi connectivity index (χ0v) is 19.9. The van der Waals surface area contributed by atoms with Crippen LogP contribution in [-0.4, -0.2) is 46.6 Å². The van der Waals surface area contributed by atoms with Crippen LogP contribution in [0.5, 0.6) is 17.2 Å². The van der Waals surface area contributed by atoms with Gasteiger partial charge in [0.15, 0.2) is 18.1 Å². The Labute approximate surface area is 200 Å². The maximum absolute atomic E-state index is 12.8. The van der Waals surface area contributed by atoms with Crippen LogP contribution >= 0.6 is 0 Å². The van der Waals surface area contributed by atoms with E-state index in [2.05, 4.69) is 10.2 Å². The van der Waals surface area contributed by atoms with Gasteiger partial charge in [-0.3, -0.25) is 13.9 Å².